The standard InChI is InChI=1S/C22H29ClN2O5S/c1-15(2)18-8-6-7-9-20(18)30-13-12-24-22(26)16(3)25(31(5,27)28)17-10-11-21(29-4)19(23)14-17/h6-11,14-16H,12-13H2,1-5H3,(H,24,26)/t16-/m0/s1. The van der Waals surface area contributed by atoms with Crippen LogP contribution in [0.25, 0.3) is 0 Å². The Morgan fingerprint density at radius 2 is 1.81 bits per heavy atom. The van der Waals surface area contributed by atoms with E-state index in [9.17, 15) is 13.2 Å². The molecule has 0 aliphatic rings. The zero-order valence-electron chi connectivity index (χ0n) is 18.4. The van der Waals surface area contributed by atoms with Crippen molar-refractivity contribution in [1.82, 2.24) is 5.32 Å². The first kappa shape index (κ1) is 24.8. The molecule has 2 rings (SSSR count). The Kier molecular flexibility index (Phi) is 8.59. The van der Waals surface area contributed by atoms with E-state index in [2.05, 4.69) is 19.2 Å². The van der Waals surface area contributed by atoms with Crippen LogP contribution in [0.15, 0.2) is 42.5 Å². The Morgan fingerprint density at radius 3 is 2.39 bits per heavy atom. The lowest BCUT2D eigenvalue weighted by molar-refractivity contribution is -0.121. The van der Waals surface area contributed by atoms with Gasteiger partial charge in [0.05, 0.1) is 30.6 Å². The number of halogens is 1. The van der Waals surface area contributed by atoms with Crippen LogP contribution in [-0.2, 0) is 14.8 Å². The van der Waals surface area contributed by atoms with Gasteiger partial charge in [0.1, 0.15) is 24.1 Å². The SMILES string of the molecule is COc1ccc(N([C@@H](C)C(=O)NCCOc2ccccc2C(C)C)S(C)(=O)=O)cc1Cl. The molecule has 1 amide bonds. The van der Waals surface area contributed by atoms with Crippen molar-refractivity contribution in [2.24, 2.45) is 0 Å². The lowest BCUT2D eigenvalue weighted by atomic mass is 10.0. The van der Waals surface area contributed by atoms with Gasteiger partial charge in [0.15, 0.2) is 0 Å². The van der Waals surface area contributed by atoms with Gasteiger partial charge in [-0.15, -0.1) is 0 Å². The molecule has 0 unspecified atom stereocenters. The molecule has 0 aliphatic carbocycles. The average Bonchev–Trinajstić information content (AvgIpc) is 2.70. The van der Waals surface area contributed by atoms with Gasteiger partial charge in [0, 0.05) is 0 Å². The second-order valence-corrected chi connectivity index (χ2v) is 9.65. The summed E-state index contributed by atoms with van der Waals surface area (Å²) >= 11 is 6.14. The molecule has 0 heterocycles. The molecule has 0 fully saturated rings. The van der Waals surface area contributed by atoms with Crippen molar-refractivity contribution in [1.29, 1.82) is 0 Å². The molecule has 0 aromatic heterocycles. The fraction of sp³-hybridized carbons (Fsp3) is 0.409. The summed E-state index contributed by atoms with van der Waals surface area (Å²) in [5.74, 6) is 1.05. The third-order valence-electron chi connectivity index (χ3n) is 4.68. The highest BCUT2D eigenvalue weighted by molar-refractivity contribution is 7.92. The zero-order valence-corrected chi connectivity index (χ0v) is 20.0. The fourth-order valence-corrected chi connectivity index (χ4v) is 4.59. The van der Waals surface area contributed by atoms with Gasteiger partial charge in [0.25, 0.3) is 0 Å². The summed E-state index contributed by atoms with van der Waals surface area (Å²) < 4.78 is 36.8. The number of amides is 1. The van der Waals surface area contributed by atoms with E-state index in [0.717, 1.165) is 21.9 Å². The van der Waals surface area contributed by atoms with E-state index in [4.69, 9.17) is 21.1 Å². The van der Waals surface area contributed by atoms with E-state index in [-0.39, 0.29) is 23.9 Å². The van der Waals surface area contributed by atoms with Crippen molar-refractivity contribution in [3.63, 3.8) is 0 Å². The highest BCUT2D eigenvalue weighted by atomic mass is 35.5. The van der Waals surface area contributed by atoms with Gasteiger partial charge in [-0.2, -0.15) is 0 Å². The van der Waals surface area contributed by atoms with Crippen molar-refractivity contribution in [3.8, 4) is 11.5 Å². The summed E-state index contributed by atoms with van der Waals surface area (Å²) in [7, 11) is -2.28. The van der Waals surface area contributed by atoms with Crippen molar-refractivity contribution >= 4 is 33.2 Å². The summed E-state index contributed by atoms with van der Waals surface area (Å²) in [5.41, 5.74) is 1.36. The zero-order chi connectivity index (χ0) is 23.2. The quantitative estimate of drug-likeness (QED) is 0.536. The van der Waals surface area contributed by atoms with Gasteiger partial charge >= 0.3 is 0 Å². The maximum atomic E-state index is 12.7. The number of para-hydroxylation sites is 1. The number of carbonyl (C=O) groups excluding carboxylic acids is 1. The normalized spacial score (nSPS) is 12.4. The molecule has 0 saturated heterocycles. The largest absolute Gasteiger partial charge is 0.495 e. The Balaban J connectivity index is 2.05. The summed E-state index contributed by atoms with van der Waals surface area (Å²) in [4.78, 5) is 12.7. The van der Waals surface area contributed by atoms with Crippen LogP contribution in [0.5, 0.6) is 11.5 Å². The lowest BCUT2D eigenvalue weighted by Crippen LogP contribution is -2.48. The summed E-state index contributed by atoms with van der Waals surface area (Å²) in [6, 6.07) is 11.3. The number of nitrogens with one attached hydrogen (secondary N) is 1. The molecule has 170 valence electrons. The van der Waals surface area contributed by atoms with Crippen molar-refractivity contribution in [3.05, 3.63) is 53.1 Å². The van der Waals surface area contributed by atoms with E-state index < -0.39 is 22.0 Å². The van der Waals surface area contributed by atoms with Crippen LogP contribution in [-0.4, -0.2) is 46.9 Å². The fourth-order valence-electron chi connectivity index (χ4n) is 3.17. The minimum atomic E-state index is -3.75. The van der Waals surface area contributed by atoms with Gasteiger partial charge in [-0.1, -0.05) is 43.6 Å². The minimum absolute atomic E-state index is 0.233. The summed E-state index contributed by atoms with van der Waals surface area (Å²) in [6.45, 7) is 6.17. The number of benzene rings is 2. The van der Waals surface area contributed by atoms with Crippen LogP contribution in [0.1, 0.15) is 32.3 Å². The van der Waals surface area contributed by atoms with Crippen molar-refractivity contribution in [2.45, 2.75) is 32.7 Å². The second-order valence-electron chi connectivity index (χ2n) is 7.39. The molecule has 1 atom stereocenters. The number of sulfonamides is 1. The first-order valence-electron chi connectivity index (χ1n) is 9.88. The highest BCUT2D eigenvalue weighted by Gasteiger charge is 2.29. The number of ether oxygens (including phenoxy) is 2. The third-order valence-corrected chi connectivity index (χ3v) is 6.22. The molecular weight excluding hydrogens is 440 g/mol. The highest BCUT2D eigenvalue weighted by Crippen LogP contribution is 2.31. The van der Waals surface area contributed by atoms with Crippen LogP contribution in [0, 0.1) is 0 Å². The number of rotatable bonds is 10. The molecule has 0 saturated carbocycles. The molecule has 0 spiro atoms. The monoisotopic (exact) mass is 468 g/mol. The van der Waals surface area contributed by atoms with Crippen LogP contribution in [0.4, 0.5) is 5.69 Å². The van der Waals surface area contributed by atoms with E-state index in [0.29, 0.717) is 11.7 Å². The maximum absolute atomic E-state index is 12.7. The van der Waals surface area contributed by atoms with Gasteiger partial charge in [0.2, 0.25) is 15.9 Å². The Labute approximate surface area is 189 Å². The van der Waals surface area contributed by atoms with E-state index in [1.54, 1.807) is 12.1 Å². The molecule has 0 radical (unpaired) electrons. The molecule has 31 heavy (non-hydrogen) atoms. The van der Waals surface area contributed by atoms with Gasteiger partial charge in [-0.25, -0.2) is 8.42 Å². The predicted octanol–water partition coefficient (Wildman–Crippen LogP) is 3.82. The number of hydrogen-bond acceptors (Lipinski definition) is 5. The topological polar surface area (TPSA) is 84.9 Å². The average molecular weight is 469 g/mol. The molecular formula is C22H29ClN2O5S. The molecule has 9 heteroatoms. The molecule has 2 aromatic rings. The van der Waals surface area contributed by atoms with Crippen LogP contribution >= 0.6 is 11.6 Å². The van der Waals surface area contributed by atoms with Crippen LogP contribution < -0.4 is 19.1 Å². The first-order valence-corrected chi connectivity index (χ1v) is 12.1. The summed E-state index contributed by atoms with van der Waals surface area (Å²) in [6.07, 6.45) is 1.04. The van der Waals surface area contributed by atoms with Crippen LogP contribution in [0.3, 0.4) is 0 Å². The minimum Gasteiger partial charge on any atom is -0.495 e. The smallest absolute Gasteiger partial charge is 0.243 e. The van der Waals surface area contributed by atoms with Gasteiger partial charge in [-0.3, -0.25) is 9.10 Å². The first-order chi connectivity index (χ1) is 14.6. The Bertz CT molecular complexity index is 1010. The van der Waals surface area contributed by atoms with Crippen LogP contribution in [0.2, 0.25) is 5.02 Å². The Hall–Kier alpha value is -2.45. The van der Waals surface area contributed by atoms with Gasteiger partial charge in [-0.05, 0) is 42.7 Å². The number of nitrogens with zero attached hydrogens (tertiary/aromatic N) is 1. The number of carbonyl (C=O) groups is 1. The van der Waals surface area contributed by atoms with E-state index in [1.807, 2.05) is 24.3 Å². The van der Waals surface area contributed by atoms with E-state index >= 15 is 0 Å². The lowest BCUT2D eigenvalue weighted by Gasteiger charge is -2.28. The molecule has 2 aromatic carbocycles. The number of hydrogen-bond donors (Lipinski definition) is 1. The predicted molar refractivity (Wildman–Crippen MR) is 124 cm³/mol. The summed E-state index contributed by atoms with van der Waals surface area (Å²) in [5, 5.41) is 2.98. The third kappa shape index (κ3) is 6.51. The van der Waals surface area contributed by atoms with Gasteiger partial charge < -0.3 is 14.8 Å². The van der Waals surface area contributed by atoms with E-state index in [1.165, 1.54) is 20.1 Å². The molecule has 7 nitrogen and oxygen atoms in total. The molecule has 1 N–H and O–H groups in total. The second kappa shape index (κ2) is 10.7. The Morgan fingerprint density at radius 1 is 1.13 bits per heavy atom. The number of anilines is 1. The molecule has 0 aliphatic heterocycles. The van der Waals surface area contributed by atoms with Crippen molar-refractivity contribution in [2.75, 3.05) is 30.8 Å². The number of methoxy groups -OCH3 is 1. The maximum Gasteiger partial charge on any atom is 0.243 e. The van der Waals surface area contributed by atoms with Crippen molar-refractivity contribution < 1.29 is 22.7 Å². The molecule has 0 bridgehead atoms.